The predicted octanol–water partition coefficient (Wildman–Crippen LogP) is 4.21. The topological polar surface area (TPSA) is 111 Å². The number of nitro benzene ring substituents is 1. The summed E-state index contributed by atoms with van der Waals surface area (Å²) in [6.45, 7) is 1.78. The number of carbonyl (C=O) groups is 2. The minimum absolute atomic E-state index is 0.0506. The van der Waals surface area contributed by atoms with Crippen LogP contribution in [0.15, 0.2) is 71.1 Å². The van der Waals surface area contributed by atoms with Gasteiger partial charge in [0.2, 0.25) is 0 Å². The van der Waals surface area contributed by atoms with Gasteiger partial charge in [-0.15, -0.1) is 0 Å². The molecule has 1 atom stereocenters. The third-order valence-electron chi connectivity index (χ3n) is 5.79. The fourth-order valence-electron chi connectivity index (χ4n) is 4.37. The van der Waals surface area contributed by atoms with Crippen LogP contribution in [0.25, 0.3) is 0 Å². The van der Waals surface area contributed by atoms with E-state index in [1.807, 2.05) is 0 Å². The van der Waals surface area contributed by atoms with Gasteiger partial charge in [0.1, 0.15) is 5.75 Å². The van der Waals surface area contributed by atoms with Crippen LogP contribution in [-0.4, -0.2) is 23.7 Å². The number of carbonyl (C=O) groups excluding carboxylic acids is 2. The van der Waals surface area contributed by atoms with E-state index in [9.17, 15) is 19.7 Å². The van der Waals surface area contributed by atoms with Crippen molar-refractivity contribution < 1.29 is 19.2 Å². The molecule has 0 spiro atoms. The minimum Gasteiger partial charge on any atom is -0.495 e. The van der Waals surface area contributed by atoms with E-state index in [0.717, 1.165) is 12.1 Å². The van der Waals surface area contributed by atoms with Crippen LogP contribution < -0.4 is 15.4 Å². The molecule has 0 fully saturated rings. The molecule has 8 heteroatoms. The van der Waals surface area contributed by atoms with Crippen molar-refractivity contribution in [2.75, 3.05) is 12.4 Å². The summed E-state index contributed by atoms with van der Waals surface area (Å²) in [7, 11) is 1.52. The number of hydrogen-bond acceptors (Lipinski definition) is 6. The number of hydrogen-bond donors (Lipinski definition) is 2. The summed E-state index contributed by atoms with van der Waals surface area (Å²) in [5.41, 5.74) is 3.19. The number of non-ortho nitro benzene ring substituents is 1. The highest BCUT2D eigenvalue weighted by Crippen LogP contribution is 2.43. The Bertz CT molecular complexity index is 1180. The SMILES string of the molecule is COc1ccccc1NC(=O)C1=C(C)NC2=C(C(=O)CCC2)[C@@H]1c1cccc([N+](=O)[O-])c1. The van der Waals surface area contributed by atoms with Gasteiger partial charge in [-0.2, -0.15) is 0 Å². The second-order valence-corrected chi connectivity index (χ2v) is 7.77. The van der Waals surface area contributed by atoms with Gasteiger partial charge in [-0.3, -0.25) is 19.7 Å². The summed E-state index contributed by atoms with van der Waals surface area (Å²) in [5.74, 6) is -0.650. The summed E-state index contributed by atoms with van der Waals surface area (Å²) in [6, 6.07) is 13.2. The molecule has 8 nitrogen and oxygen atoms in total. The van der Waals surface area contributed by atoms with E-state index < -0.39 is 16.7 Å². The molecule has 2 aromatic rings. The summed E-state index contributed by atoms with van der Waals surface area (Å²) >= 11 is 0. The Morgan fingerprint density at radius 1 is 1.19 bits per heavy atom. The van der Waals surface area contributed by atoms with E-state index in [1.165, 1.54) is 19.2 Å². The molecule has 0 saturated heterocycles. The molecule has 0 unspecified atom stereocenters. The molecule has 2 aromatic carbocycles. The van der Waals surface area contributed by atoms with Crippen molar-refractivity contribution in [3.63, 3.8) is 0 Å². The van der Waals surface area contributed by atoms with Gasteiger partial charge in [0.15, 0.2) is 5.78 Å². The number of anilines is 1. The van der Waals surface area contributed by atoms with Gasteiger partial charge in [0.25, 0.3) is 11.6 Å². The Balaban J connectivity index is 1.82. The Labute approximate surface area is 185 Å². The molecule has 2 aliphatic rings. The first-order valence-electron chi connectivity index (χ1n) is 10.3. The quantitative estimate of drug-likeness (QED) is 0.540. The molecule has 1 heterocycles. The number of ether oxygens (including phenoxy) is 1. The molecule has 1 aliphatic heterocycles. The number of allylic oxidation sites excluding steroid dienone is 3. The van der Waals surface area contributed by atoms with Crippen molar-refractivity contribution in [3.8, 4) is 5.75 Å². The maximum Gasteiger partial charge on any atom is 0.269 e. The number of benzene rings is 2. The van der Waals surface area contributed by atoms with E-state index in [1.54, 1.807) is 43.3 Å². The number of dihydropyridines is 1. The van der Waals surface area contributed by atoms with Crippen molar-refractivity contribution in [1.82, 2.24) is 5.32 Å². The summed E-state index contributed by atoms with van der Waals surface area (Å²) in [5, 5.41) is 17.5. The smallest absolute Gasteiger partial charge is 0.269 e. The maximum absolute atomic E-state index is 13.5. The Morgan fingerprint density at radius 3 is 2.72 bits per heavy atom. The molecule has 2 N–H and O–H groups in total. The number of amides is 1. The van der Waals surface area contributed by atoms with Crippen LogP contribution >= 0.6 is 0 Å². The first kappa shape index (κ1) is 21.3. The fraction of sp³-hybridized carbons (Fsp3) is 0.250. The zero-order chi connectivity index (χ0) is 22.8. The number of nitro groups is 1. The van der Waals surface area contributed by atoms with E-state index >= 15 is 0 Å². The zero-order valence-electron chi connectivity index (χ0n) is 17.8. The highest BCUT2D eigenvalue weighted by Gasteiger charge is 2.39. The first-order valence-corrected chi connectivity index (χ1v) is 10.3. The van der Waals surface area contributed by atoms with Crippen LogP contribution in [0.2, 0.25) is 0 Å². The lowest BCUT2D eigenvalue weighted by Gasteiger charge is -2.34. The van der Waals surface area contributed by atoms with Crippen LogP contribution in [-0.2, 0) is 9.59 Å². The minimum atomic E-state index is -0.700. The number of ketones is 1. The largest absolute Gasteiger partial charge is 0.495 e. The monoisotopic (exact) mass is 433 g/mol. The van der Waals surface area contributed by atoms with Gasteiger partial charge >= 0.3 is 0 Å². The third-order valence-corrected chi connectivity index (χ3v) is 5.79. The zero-order valence-corrected chi connectivity index (χ0v) is 17.8. The average Bonchev–Trinajstić information content (AvgIpc) is 2.78. The molecule has 0 radical (unpaired) electrons. The van der Waals surface area contributed by atoms with Crippen LogP contribution in [0.1, 0.15) is 37.7 Å². The number of nitrogens with one attached hydrogen (secondary N) is 2. The maximum atomic E-state index is 13.5. The van der Waals surface area contributed by atoms with E-state index in [0.29, 0.717) is 46.7 Å². The van der Waals surface area contributed by atoms with Gasteiger partial charge in [-0.25, -0.2) is 0 Å². The normalized spacial score (nSPS) is 18.1. The summed E-state index contributed by atoms with van der Waals surface area (Å²) in [4.78, 5) is 37.4. The summed E-state index contributed by atoms with van der Waals surface area (Å²) < 4.78 is 5.33. The second kappa shape index (κ2) is 8.66. The van der Waals surface area contributed by atoms with Crippen LogP contribution in [0, 0.1) is 10.1 Å². The van der Waals surface area contributed by atoms with Crippen molar-refractivity contribution in [2.24, 2.45) is 0 Å². The standard InChI is InChI=1S/C24H23N3O5/c1-14-21(24(29)26-17-9-3-4-12-20(17)32-2)22(15-7-5-8-16(13-15)27(30)31)23-18(25-14)10-6-11-19(23)28/h3-5,7-9,12-13,22,25H,6,10-11H2,1-2H3,(H,26,29)/t22-/m1/s1. The molecule has 1 amide bonds. The molecular formula is C24H23N3O5. The number of rotatable bonds is 5. The number of methoxy groups -OCH3 is 1. The molecule has 164 valence electrons. The van der Waals surface area contributed by atoms with Crippen molar-refractivity contribution in [3.05, 3.63) is 86.7 Å². The number of Topliss-reactive ketones (excluding diaryl/α,β-unsaturated/α-hetero) is 1. The van der Waals surface area contributed by atoms with Crippen LogP contribution in [0.3, 0.4) is 0 Å². The molecule has 32 heavy (non-hydrogen) atoms. The van der Waals surface area contributed by atoms with Gasteiger partial charge in [-0.05, 0) is 37.5 Å². The van der Waals surface area contributed by atoms with Crippen molar-refractivity contribution in [1.29, 1.82) is 0 Å². The molecular weight excluding hydrogens is 410 g/mol. The Morgan fingerprint density at radius 2 is 1.97 bits per heavy atom. The summed E-state index contributed by atoms with van der Waals surface area (Å²) in [6.07, 6.45) is 1.79. The Hall–Kier alpha value is -3.94. The lowest BCUT2D eigenvalue weighted by atomic mass is 9.75. The average molecular weight is 433 g/mol. The van der Waals surface area contributed by atoms with E-state index in [4.69, 9.17) is 4.74 Å². The van der Waals surface area contributed by atoms with Gasteiger partial charge in [0, 0.05) is 47.0 Å². The molecule has 0 saturated carbocycles. The van der Waals surface area contributed by atoms with Crippen molar-refractivity contribution >= 4 is 23.1 Å². The van der Waals surface area contributed by atoms with E-state index in [2.05, 4.69) is 10.6 Å². The Kier molecular flexibility index (Phi) is 5.77. The van der Waals surface area contributed by atoms with Gasteiger partial charge < -0.3 is 15.4 Å². The molecule has 1 aliphatic carbocycles. The number of para-hydroxylation sites is 2. The number of nitrogens with zero attached hydrogens (tertiary/aromatic N) is 1. The highest BCUT2D eigenvalue weighted by atomic mass is 16.6. The van der Waals surface area contributed by atoms with Gasteiger partial charge in [-0.1, -0.05) is 24.3 Å². The fourth-order valence-corrected chi connectivity index (χ4v) is 4.37. The van der Waals surface area contributed by atoms with Crippen LogP contribution in [0.4, 0.5) is 11.4 Å². The lowest BCUT2D eigenvalue weighted by Crippen LogP contribution is -2.35. The molecule has 4 rings (SSSR count). The molecule has 0 aromatic heterocycles. The third kappa shape index (κ3) is 3.87. The second-order valence-electron chi connectivity index (χ2n) is 7.77. The van der Waals surface area contributed by atoms with E-state index in [-0.39, 0.29) is 11.5 Å². The van der Waals surface area contributed by atoms with Gasteiger partial charge in [0.05, 0.1) is 17.7 Å². The first-order chi connectivity index (χ1) is 15.4. The predicted molar refractivity (Wildman–Crippen MR) is 119 cm³/mol. The van der Waals surface area contributed by atoms with Crippen molar-refractivity contribution in [2.45, 2.75) is 32.1 Å². The molecule has 0 bridgehead atoms. The van der Waals surface area contributed by atoms with Crippen LogP contribution in [0.5, 0.6) is 5.75 Å². The lowest BCUT2D eigenvalue weighted by molar-refractivity contribution is -0.384. The highest BCUT2D eigenvalue weighted by molar-refractivity contribution is 6.10.